The number of hydrogen-bond acceptors (Lipinski definition) is 5. The highest BCUT2D eigenvalue weighted by Crippen LogP contribution is 2.14. The molecule has 1 aliphatic rings. The fraction of sp³-hybridized carbons (Fsp3) is 0.579. The summed E-state index contributed by atoms with van der Waals surface area (Å²) in [5.41, 5.74) is 16.8. The highest BCUT2D eigenvalue weighted by molar-refractivity contribution is 9.10. The molecule has 0 saturated heterocycles. The Balaban J connectivity index is 0.000000365. The SMILES string of the molecule is NC1CCCCC1.NCCCC[C@H](N)C(=O)O.O=Cc1cccc(Br)c1. The summed E-state index contributed by atoms with van der Waals surface area (Å²) >= 11 is 3.24. The summed E-state index contributed by atoms with van der Waals surface area (Å²) in [6.45, 7) is 0.604. The van der Waals surface area contributed by atoms with Crippen molar-refractivity contribution >= 4 is 28.2 Å². The van der Waals surface area contributed by atoms with Crippen molar-refractivity contribution in [2.75, 3.05) is 6.54 Å². The molecule has 0 spiro atoms. The van der Waals surface area contributed by atoms with Crippen LogP contribution < -0.4 is 17.2 Å². The normalized spacial score (nSPS) is 14.9. The zero-order valence-electron chi connectivity index (χ0n) is 15.3. The van der Waals surface area contributed by atoms with Gasteiger partial charge in [-0.05, 0) is 44.4 Å². The standard InChI is InChI=1S/C7H5BrO.C6H14N2O2.C6H13N/c8-7-3-1-2-6(4-7)5-9;7-4-2-1-3-5(8)6(9)10;7-6-4-2-1-3-5-6/h1-5H;5H,1-4,7-8H2,(H,9,10);6H,1-5,7H2/t;5-;/m.0./s1. The van der Waals surface area contributed by atoms with Gasteiger partial charge in [0.2, 0.25) is 0 Å². The van der Waals surface area contributed by atoms with Crippen molar-refractivity contribution in [3.05, 3.63) is 34.3 Å². The molecule has 7 N–H and O–H groups in total. The van der Waals surface area contributed by atoms with Crippen LogP contribution in [0, 0.1) is 0 Å². The molecular formula is C19H32BrN3O3. The predicted octanol–water partition coefficient (Wildman–Crippen LogP) is 3.07. The summed E-state index contributed by atoms with van der Waals surface area (Å²) in [5, 5.41) is 8.33. The van der Waals surface area contributed by atoms with Gasteiger partial charge in [-0.25, -0.2) is 0 Å². The molecular weight excluding hydrogens is 398 g/mol. The van der Waals surface area contributed by atoms with Crippen LogP contribution in [0.5, 0.6) is 0 Å². The number of halogens is 1. The second-order valence-electron chi connectivity index (χ2n) is 6.30. The van der Waals surface area contributed by atoms with E-state index in [1.165, 1.54) is 32.1 Å². The van der Waals surface area contributed by atoms with Crippen LogP contribution in [0.1, 0.15) is 61.7 Å². The Kier molecular flexibility index (Phi) is 15.2. The van der Waals surface area contributed by atoms with E-state index in [0.717, 1.165) is 23.6 Å². The van der Waals surface area contributed by atoms with E-state index in [1.54, 1.807) is 12.1 Å². The molecule has 6 nitrogen and oxygen atoms in total. The molecule has 0 aromatic heterocycles. The lowest BCUT2D eigenvalue weighted by Crippen LogP contribution is -2.29. The van der Waals surface area contributed by atoms with Crippen LogP contribution in [0.15, 0.2) is 28.7 Å². The summed E-state index contributed by atoms with van der Waals surface area (Å²) in [7, 11) is 0. The molecule has 148 valence electrons. The van der Waals surface area contributed by atoms with E-state index in [0.29, 0.717) is 24.6 Å². The molecule has 0 aliphatic heterocycles. The maximum atomic E-state index is 10.1. The fourth-order valence-corrected chi connectivity index (χ4v) is 2.76. The lowest BCUT2D eigenvalue weighted by molar-refractivity contribution is -0.138. The lowest BCUT2D eigenvalue weighted by atomic mass is 9.97. The van der Waals surface area contributed by atoms with Gasteiger partial charge in [0.05, 0.1) is 0 Å². The number of benzene rings is 1. The van der Waals surface area contributed by atoms with E-state index in [4.69, 9.17) is 22.3 Å². The third kappa shape index (κ3) is 13.9. The quantitative estimate of drug-likeness (QED) is 0.405. The van der Waals surface area contributed by atoms with Gasteiger partial charge in [-0.2, -0.15) is 0 Å². The molecule has 1 saturated carbocycles. The Labute approximate surface area is 164 Å². The minimum absolute atomic E-state index is 0.520. The Bertz CT molecular complexity index is 509. The molecule has 1 aliphatic carbocycles. The first-order chi connectivity index (χ1) is 12.4. The first-order valence-corrected chi connectivity index (χ1v) is 9.84. The Morgan fingerprint density at radius 1 is 1.27 bits per heavy atom. The van der Waals surface area contributed by atoms with Crippen LogP contribution in [0.3, 0.4) is 0 Å². The Morgan fingerprint density at radius 3 is 2.31 bits per heavy atom. The molecule has 1 aromatic rings. The van der Waals surface area contributed by atoms with E-state index in [1.807, 2.05) is 12.1 Å². The maximum absolute atomic E-state index is 10.1. The van der Waals surface area contributed by atoms with E-state index in [-0.39, 0.29) is 0 Å². The molecule has 0 heterocycles. The van der Waals surface area contributed by atoms with Gasteiger partial charge in [0.1, 0.15) is 12.3 Å². The van der Waals surface area contributed by atoms with Crippen LogP contribution in [-0.4, -0.2) is 36.0 Å². The lowest BCUT2D eigenvalue weighted by Gasteiger charge is -2.15. The van der Waals surface area contributed by atoms with Gasteiger partial charge in [0.25, 0.3) is 0 Å². The first-order valence-electron chi connectivity index (χ1n) is 9.05. The number of carboxylic acids is 1. The summed E-state index contributed by atoms with van der Waals surface area (Å²) in [6, 6.07) is 7.06. The third-order valence-electron chi connectivity index (χ3n) is 3.92. The average molecular weight is 430 g/mol. The van der Waals surface area contributed by atoms with Crippen molar-refractivity contribution < 1.29 is 14.7 Å². The topological polar surface area (TPSA) is 132 Å². The molecule has 1 fully saturated rings. The highest BCUT2D eigenvalue weighted by Gasteiger charge is 2.09. The fourth-order valence-electron chi connectivity index (χ4n) is 2.35. The van der Waals surface area contributed by atoms with E-state index in [2.05, 4.69) is 15.9 Å². The van der Waals surface area contributed by atoms with Gasteiger partial charge in [-0.1, -0.05) is 53.7 Å². The van der Waals surface area contributed by atoms with Crippen molar-refractivity contribution in [2.45, 2.75) is 63.5 Å². The zero-order chi connectivity index (χ0) is 19.8. The second kappa shape index (κ2) is 15.9. The van der Waals surface area contributed by atoms with Crippen molar-refractivity contribution in [1.82, 2.24) is 0 Å². The third-order valence-corrected chi connectivity index (χ3v) is 4.41. The summed E-state index contributed by atoms with van der Waals surface area (Å²) < 4.78 is 0.937. The number of rotatable bonds is 6. The van der Waals surface area contributed by atoms with E-state index < -0.39 is 12.0 Å². The van der Waals surface area contributed by atoms with Gasteiger partial charge in [-0.15, -0.1) is 0 Å². The minimum atomic E-state index is -0.933. The molecule has 1 aromatic carbocycles. The number of hydrogen-bond donors (Lipinski definition) is 4. The summed E-state index contributed by atoms with van der Waals surface area (Å²) in [4.78, 5) is 20.3. The van der Waals surface area contributed by atoms with Crippen molar-refractivity contribution in [3.8, 4) is 0 Å². The monoisotopic (exact) mass is 429 g/mol. The van der Waals surface area contributed by atoms with E-state index in [9.17, 15) is 9.59 Å². The molecule has 26 heavy (non-hydrogen) atoms. The minimum Gasteiger partial charge on any atom is -0.480 e. The van der Waals surface area contributed by atoms with Crippen molar-refractivity contribution in [3.63, 3.8) is 0 Å². The van der Waals surface area contributed by atoms with Crippen molar-refractivity contribution in [2.24, 2.45) is 17.2 Å². The van der Waals surface area contributed by atoms with Crippen LogP contribution >= 0.6 is 15.9 Å². The van der Waals surface area contributed by atoms with Gasteiger partial charge >= 0.3 is 5.97 Å². The molecule has 0 amide bonds. The number of carboxylic acid groups (broad SMARTS) is 1. The zero-order valence-corrected chi connectivity index (χ0v) is 16.9. The number of unbranched alkanes of at least 4 members (excludes halogenated alkanes) is 1. The summed E-state index contributed by atoms with van der Waals surface area (Å²) in [5.74, 6) is -0.933. The number of nitrogens with two attached hydrogens (primary N) is 3. The smallest absolute Gasteiger partial charge is 0.320 e. The van der Waals surface area contributed by atoms with Crippen LogP contribution in [0.4, 0.5) is 0 Å². The molecule has 2 rings (SSSR count). The average Bonchev–Trinajstić information content (AvgIpc) is 2.63. The number of aliphatic carboxylic acids is 1. The Hall–Kier alpha value is -1.28. The van der Waals surface area contributed by atoms with Crippen molar-refractivity contribution in [1.29, 1.82) is 0 Å². The van der Waals surface area contributed by atoms with Gasteiger partial charge in [0, 0.05) is 16.1 Å². The molecule has 0 radical (unpaired) electrons. The van der Waals surface area contributed by atoms with Crippen LogP contribution in [-0.2, 0) is 4.79 Å². The number of aldehydes is 1. The molecule has 0 bridgehead atoms. The number of carbonyl (C=O) groups is 2. The largest absolute Gasteiger partial charge is 0.480 e. The Morgan fingerprint density at radius 2 is 1.92 bits per heavy atom. The molecule has 1 atom stereocenters. The van der Waals surface area contributed by atoms with Crippen LogP contribution in [0.2, 0.25) is 0 Å². The predicted molar refractivity (Wildman–Crippen MR) is 109 cm³/mol. The van der Waals surface area contributed by atoms with E-state index >= 15 is 0 Å². The molecule has 0 unspecified atom stereocenters. The number of carbonyl (C=O) groups excluding carboxylic acids is 1. The van der Waals surface area contributed by atoms with Gasteiger partial charge in [0.15, 0.2) is 0 Å². The van der Waals surface area contributed by atoms with Gasteiger partial charge in [-0.3, -0.25) is 9.59 Å². The van der Waals surface area contributed by atoms with Gasteiger partial charge < -0.3 is 22.3 Å². The highest BCUT2D eigenvalue weighted by atomic mass is 79.9. The molecule has 7 heteroatoms. The van der Waals surface area contributed by atoms with Crippen LogP contribution in [0.25, 0.3) is 0 Å². The maximum Gasteiger partial charge on any atom is 0.320 e. The second-order valence-corrected chi connectivity index (χ2v) is 7.22. The first kappa shape index (κ1) is 24.7. The summed E-state index contributed by atoms with van der Waals surface area (Å²) in [6.07, 6.45) is 9.65.